The number of hydrogen-bond donors (Lipinski definition) is 1. The van der Waals surface area contributed by atoms with Gasteiger partial charge in [0.05, 0.1) is 5.69 Å². The number of anilines is 1. The van der Waals surface area contributed by atoms with Crippen LogP contribution in [0.4, 0.5) is 5.69 Å². The normalized spacial score (nSPS) is 10.4. The third-order valence-corrected chi connectivity index (χ3v) is 3.21. The number of carbonyl (C=O) groups excluding carboxylic acids is 1. The lowest BCUT2D eigenvalue weighted by atomic mass is 10.2. The Morgan fingerprint density at radius 2 is 1.70 bits per heavy atom. The van der Waals surface area contributed by atoms with Gasteiger partial charge in [-0.05, 0) is 24.3 Å². The summed E-state index contributed by atoms with van der Waals surface area (Å²) >= 11 is 0. The van der Waals surface area contributed by atoms with Gasteiger partial charge in [-0.15, -0.1) is 5.10 Å². The Labute approximate surface area is 132 Å². The largest absolute Gasteiger partial charge is 0.441 e. The first-order valence-corrected chi connectivity index (χ1v) is 7.22. The Morgan fingerprint density at radius 3 is 2.39 bits per heavy atom. The number of hydrogen-bond acceptors (Lipinski definition) is 4. The zero-order valence-electron chi connectivity index (χ0n) is 12.3. The number of carbonyl (C=O) groups is 1. The van der Waals surface area contributed by atoms with Gasteiger partial charge in [0.1, 0.15) is 0 Å². The van der Waals surface area contributed by atoms with Gasteiger partial charge in [-0.2, -0.15) is 4.68 Å². The van der Waals surface area contributed by atoms with Gasteiger partial charge in [0, 0.05) is 18.5 Å². The lowest BCUT2D eigenvalue weighted by molar-refractivity contribution is -0.116. The number of benzene rings is 2. The Balaban J connectivity index is 1.63. The van der Waals surface area contributed by atoms with E-state index in [1.54, 1.807) is 12.1 Å². The first kappa shape index (κ1) is 14.8. The summed E-state index contributed by atoms with van der Waals surface area (Å²) in [4.78, 5) is 23.7. The van der Waals surface area contributed by atoms with Crippen LogP contribution in [-0.4, -0.2) is 15.7 Å². The van der Waals surface area contributed by atoms with Gasteiger partial charge in [0.2, 0.25) is 11.8 Å². The van der Waals surface area contributed by atoms with Crippen molar-refractivity contribution in [3.05, 3.63) is 77.1 Å². The molecule has 0 aliphatic rings. The van der Waals surface area contributed by atoms with Crippen LogP contribution in [0.25, 0.3) is 5.69 Å². The average Bonchev–Trinajstić information content (AvgIpc) is 2.96. The van der Waals surface area contributed by atoms with Crippen LogP contribution < -0.4 is 11.1 Å². The maximum Gasteiger partial charge on any atom is 0.441 e. The molecule has 1 heterocycles. The predicted molar refractivity (Wildman–Crippen MR) is 85.5 cm³/mol. The zero-order valence-corrected chi connectivity index (χ0v) is 12.3. The molecule has 0 unspecified atom stereocenters. The predicted octanol–water partition coefficient (Wildman–Crippen LogP) is 2.40. The maximum absolute atomic E-state index is 11.9. The van der Waals surface area contributed by atoms with Crippen molar-refractivity contribution >= 4 is 11.6 Å². The Kier molecular flexibility index (Phi) is 4.33. The van der Waals surface area contributed by atoms with Crippen molar-refractivity contribution in [2.24, 2.45) is 0 Å². The minimum Gasteiger partial charge on any atom is -0.392 e. The standard InChI is InChI=1S/C17H15N3O3/c21-15(18-13-7-3-1-4-8-13)11-12-16-19-20(17(22)23-16)14-9-5-2-6-10-14/h1-10H,11-12H2,(H,18,21). The van der Waals surface area contributed by atoms with E-state index in [1.807, 2.05) is 48.5 Å². The third-order valence-electron chi connectivity index (χ3n) is 3.21. The van der Waals surface area contributed by atoms with Crippen molar-refractivity contribution in [3.8, 4) is 5.69 Å². The lowest BCUT2D eigenvalue weighted by Gasteiger charge is -2.03. The fraction of sp³-hybridized carbons (Fsp3) is 0.118. The van der Waals surface area contributed by atoms with Crippen LogP contribution in [0.1, 0.15) is 12.3 Å². The van der Waals surface area contributed by atoms with E-state index in [0.29, 0.717) is 5.69 Å². The number of amides is 1. The van der Waals surface area contributed by atoms with E-state index in [1.165, 1.54) is 4.68 Å². The summed E-state index contributed by atoms with van der Waals surface area (Å²) in [5, 5.41) is 6.89. The molecule has 0 saturated carbocycles. The van der Waals surface area contributed by atoms with Crippen molar-refractivity contribution in [1.29, 1.82) is 0 Å². The van der Waals surface area contributed by atoms with Crippen molar-refractivity contribution in [2.45, 2.75) is 12.8 Å². The summed E-state index contributed by atoms with van der Waals surface area (Å²) in [6.45, 7) is 0. The van der Waals surface area contributed by atoms with Crippen LogP contribution in [0.3, 0.4) is 0 Å². The molecule has 1 N–H and O–H groups in total. The average molecular weight is 309 g/mol. The molecule has 0 spiro atoms. The molecule has 2 aromatic carbocycles. The number of rotatable bonds is 5. The molecule has 6 nitrogen and oxygen atoms in total. The first-order chi connectivity index (χ1) is 11.2. The second kappa shape index (κ2) is 6.74. The van der Waals surface area contributed by atoms with Crippen LogP contribution in [-0.2, 0) is 11.2 Å². The molecule has 1 amide bonds. The third kappa shape index (κ3) is 3.74. The highest BCUT2D eigenvalue weighted by molar-refractivity contribution is 5.90. The molecule has 23 heavy (non-hydrogen) atoms. The van der Waals surface area contributed by atoms with Crippen molar-refractivity contribution in [2.75, 3.05) is 5.32 Å². The highest BCUT2D eigenvalue weighted by Crippen LogP contribution is 2.08. The van der Waals surface area contributed by atoms with E-state index in [2.05, 4.69) is 10.4 Å². The van der Waals surface area contributed by atoms with E-state index in [0.717, 1.165) is 5.69 Å². The maximum atomic E-state index is 11.9. The van der Waals surface area contributed by atoms with Crippen LogP contribution >= 0.6 is 0 Å². The molecule has 0 bridgehead atoms. The fourth-order valence-electron chi connectivity index (χ4n) is 2.12. The SMILES string of the molecule is O=C(CCc1nn(-c2ccccc2)c(=O)o1)Nc1ccccc1. The van der Waals surface area contributed by atoms with Crippen LogP contribution in [0, 0.1) is 0 Å². The Hall–Kier alpha value is -3.15. The summed E-state index contributed by atoms with van der Waals surface area (Å²) in [5.41, 5.74) is 1.36. The van der Waals surface area contributed by atoms with Crippen LogP contribution in [0.5, 0.6) is 0 Å². The minimum atomic E-state index is -0.560. The number of aromatic nitrogens is 2. The molecule has 3 aromatic rings. The van der Waals surface area contributed by atoms with Gasteiger partial charge in [-0.1, -0.05) is 36.4 Å². The van der Waals surface area contributed by atoms with Crippen molar-refractivity contribution < 1.29 is 9.21 Å². The molecule has 0 fully saturated rings. The van der Waals surface area contributed by atoms with E-state index in [4.69, 9.17) is 4.42 Å². The van der Waals surface area contributed by atoms with Gasteiger partial charge < -0.3 is 9.73 Å². The monoisotopic (exact) mass is 309 g/mol. The zero-order chi connectivity index (χ0) is 16.1. The quantitative estimate of drug-likeness (QED) is 0.785. The first-order valence-electron chi connectivity index (χ1n) is 7.22. The van der Waals surface area contributed by atoms with E-state index < -0.39 is 5.76 Å². The molecule has 0 saturated heterocycles. The molecule has 0 aliphatic heterocycles. The van der Waals surface area contributed by atoms with E-state index in [9.17, 15) is 9.59 Å². The fourth-order valence-corrected chi connectivity index (χ4v) is 2.12. The summed E-state index contributed by atoms with van der Waals surface area (Å²) < 4.78 is 6.27. The van der Waals surface area contributed by atoms with E-state index in [-0.39, 0.29) is 24.6 Å². The highest BCUT2D eigenvalue weighted by atomic mass is 16.4. The number of nitrogens with zero attached hydrogens (tertiary/aromatic N) is 2. The topological polar surface area (TPSA) is 77.1 Å². The lowest BCUT2D eigenvalue weighted by Crippen LogP contribution is -2.13. The molecule has 0 atom stereocenters. The molecular weight excluding hydrogens is 294 g/mol. The summed E-state index contributed by atoms with van der Waals surface area (Å²) in [6.07, 6.45) is 0.442. The molecule has 3 rings (SSSR count). The second-order valence-corrected chi connectivity index (χ2v) is 4.92. The van der Waals surface area contributed by atoms with Gasteiger partial charge in [0.15, 0.2) is 0 Å². The molecule has 1 aromatic heterocycles. The number of nitrogens with one attached hydrogen (secondary N) is 1. The highest BCUT2D eigenvalue weighted by Gasteiger charge is 2.11. The molecule has 0 radical (unpaired) electrons. The summed E-state index contributed by atoms with van der Waals surface area (Å²) in [7, 11) is 0. The van der Waals surface area contributed by atoms with Crippen molar-refractivity contribution in [3.63, 3.8) is 0 Å². The summed E-state index contributed by atoms with van der Waals surface area (Å²) in [5.74, 6) is -0.482. The van der Waals surface area contributed by atoms with E-state index >= 15 is 0 Å². The van der Waals surface area contributed by atoms with Crippen molar-refractivity contribution in [1.82, 2.24) is 9.78 Å². The smallest absolute Gasteiger partial charge is 0.392 e. The molecule has 0 aliphatic carbocycles. The van der Waals surface area contributed by atoms with Gasteiger partial charge in [-0.25, -0.2) is 4.79 Å². The number of aryl methyl sites for hydroxylation is 1. The van der Waals surface area contributed by atoms with Gasteiger partial charge in [0.25, 0.3) is 0 Å². The second-order valence-electron chi connectivity index (χ2n) is 4.92. The van der Waals surface area contributed by atoms with Crippen LogP contribution in [0.2, 0.25) is 0 Å². The Bertz CT molecular complexity index is 838. The van der Waals surface area contributed by atoms with Gasteiger partial charge >= 0.3 is 5.76 Å². The summed E-state index contributed by atoms with van der Waals surface area (Å²) in [6, 6.07) is 18.2. The van der Waals surface area contributed by atoms with Crippen LogP contribution in [0.15, 0.2) is 69.9 Å². The molecular formula is C17H15N3O3. The minimum absolute atomic E-state index is 0.159. The number of para-hydroxylation sites is 2. The molecule has 6 heteroatoms. The molecule has 116 valence electrons. The Morgan fingerprint density at radius 1 is 1.04 bits per heavy atom. The van der Waals surface area contributed by atoms with Gasteiger partial charge in [-0.3, -0.25) is 4.79 Å².